The highest BCUT2D eigenvalue weighted by Gasteiger charge is 2.21. The average molecular weight is 422 g/mol. The Labute approximate surface area is 165 Å². The Morgan fingerprint density at radius 2 is 2.00 bits per heavy atom. The van der Waals surface area contributed by atoms with Gasteiger partial charge in [0.05, 0.1) is 6.10 Å². The molecule has 1 atom stereocenters. The molecule has 1 saturated heterocycles. The molecule has 1 fully saturated rings. The van der Waals surface area contributed by atoms with Crippen LogP contribution in [0.2, 0.25) is 0 Å². The molecule has 1 aliphatic heterocycles. The third kappa shape index (κ3) is 4.11. The van der Waals surface area contributed by atoms with Crippen LogP contribution in [-0.2, 0) is 4.57 Å². The van der Waals surface area contributed by atoms with Gasteiger partial charge >= 0.3 is 7.60 Å². The normalized spacial score (nSPS) is 17.6. The number of β-amino-alcohol motifs (C(OH)–C–C–N with tert-alkyl or cyclic N) is 1. The first-order chi connectivity index (χ1) is 13.3. The number of hydrogen-bond acceptors (Lipinski definition) is 4. The zero-order valence-corrected chi connectivity index (χ0v) is 16.6. The first-order valence-electron chi connectivity index (χ1n) is 8.81. The van der Waals surface area contributed by atoms with Crippen LogP contribution in [0.4, 0.5) is 10.1 Å². The average Bonchev–Trinajstić information content (AvgIpc) is 3.25. The summed E-state index contributed by atoms with van der Waals surface area (Å²) in [5, 5.41) is 10.4. The number of nitrogens with zero attached hydrogens (tertiary/aromatic N) is 1. The van der Waals surface area contributed by atoms with Gasteiger partial charge in [-0.3, -0.25) is 4.57 Å². The van der Waals surface area contributed by atoms with E-state index in [9.17, 15) is 14.1 Å². The lowest BCUT2D eigenvalue weighted by Crippen LogP contribution is -2.20. The van der Waals surface area contributed by atoms with Gasteiger partial charge in [-0.2, -0.15) is 0 Å². The van der Waals surface area contributed by atoms with Crippen LogP contribution in [0.3, 0.4) is 0 Å². The van der Waals surface area contributed by atoms with Crippen molar-refractivity contribution in [3.8, 4) is 11.1 Å². The van der Waals surface area contributed by atoms with Crippen molar-refractivity contribution in [3.63, 3.8) is 0 Å². The number of aliphatic hydroxyl groups excluding tert-OH is 1. The van der Waals surface area contributed by atoms with Gasteiger partial charge < -0.3 is 24.8 Å². The van der Waals surface area contributed by atoms with Crippen LogP contribution in [0.15, 0.2) is 47.5 Å². The van der Waals surface area contributed by atoms with Crippen LogP contribution in [0.1, 0.15) is 6.42 Å². The standard InChI is InChI=1S/C19H20FN2O4PS/c20-17-8-18-16(19(9-21-18)28-11-27(24,25)26)7-15(17)12-1-3-13(4-2-12)22-6-5-14(23)10-22/h1-4,7-9,14,21,23H,5-6,10-11H2,(H2,24,25,26). The molecule has 1 aromatic heterocycles. The minimum atomic E-state index is -4.13. The Balaban J connectivity index is 1.64. The molecule has 9 heteroatoms. The fourth-order valence-corrected chi connectivity index (χ4v) is 5.14. The molecule has 4 N–H and O–H groups in total. The van der Waals surface area contributed by atoms with E-state index in [0.717, 1.165) is 41.4 Å². The number of benzene rings is 2. The zero-order valence-electron chi connectivity index (χ0n) is 14.9. The van der Waals surface area contributed by atoms with Crippen molar-refractivity contribution in [2.75, 3.05) is 23.5 Å². The van der Waals surface area contributed by atoms with Crippen LogP contribution in [0, 0.1) is 5.82 Å². The van der Waals surface area contributed by atoms with Crippen molar-refractivity contribution < 1.29 is 23.8 Å². The summed E-state index contributed by atoms with van der Waals surface area (Å²) >= 11 is 1.05. The molecule has 0 aliphatic carbocycles. The van der Waals surface area contributed by atoms with Crippen LogP contribution in [0.25, 0.3) is 22.0 Å². The molecule has 28 heavy (non-hydrogen) atoms. The van der Waals surface area contributed by atoms with Gasteiger partial charge in [-0.1, -0.05) is 12.1 Å². The lowest BCUT2D eigenvalue weighted by Gasteiger charge is -2.18. The maximum absolute atomic E-state index is 14.6. The Bertz CT molecular complexity index is 1050. The third-order valence-corrected chi connectivity index (χ3v) is 7.34. The van der Waals surface area contributed by atoms with E-state index in [4.69, 9.17) is 9.79 Å². The molecule has 1 aliphatic rings. The molecule has 0 bridgehead atoms. The van der Waals surface area contributed by atoms with Gasteiger partial charge in [-0.15, -0.1) is 11.8 Å². The number of aromatic amines is 1. The molecule has 0 radical (unpaired) electrons. The molecular weight excluding hydrogens is 402 g/mol. The number of aliphatic hydroxyl groups is 1. The molecule has 2 aromatic carbocycles. The molecule has 0 spiro atoms. The number of fused-ring (bicyclic) bond motifs is 1. The van der Waals surface area contributed by atoms with Crippen LogP contribution >= 0.6 is 19.4 Å². The first kappa shape index (κ1) is 19.5. The minimum Gasteiger partial charge on any atom is -0.391 e. The summed E-state index contributed by atoms with van der Waals surface area (Å²) < 4.78 is 25.8. The highest BCUT2D eigenvalue weighted by atomic mass is 32.2. The van der Waals surface area contributed by atoms with E-state index in [1.54, 1.807) is 12.3 Å². The molecule has 0 amide bonds. The Morgan fingerprint density at radius 3 is 2.64 bits per heavy atom. The number of halogens is 1. The minimum absolute atomic E-state index is 0.308. The lowest BCUT2D eigenvalue weighted by atomic mass is 10.0. The highest BCUT2D eigenvalue weighted by Crippen LogP contribution is 2.43. The second-order valence-electron chi connectivity index (χ2n) is 6.90. The molecule has 2 heterocycles. The predicted molar refractivity (Wildman–Crippen MR) is 109 cm³/mol. The summed E-state index contributed by atoms with van der Waals surface area (Å²) in [6.45, 7) is 1.40. The van der Waals surface area contributed by atoms with Crippen LogP contribution < -0.4 is 4.90 Å². The fourth-order valence-electron chi connectivity index (χ4n) is 3.44. The van der Waals surface area contributed by atoms with Gasteiger partial charge in [-0.25, -0.2) is 4.39 Å². The SMILES string of the molecule is O=P(O)(O)CSc1c[nH]c2cc(F)c(-c3ccc(N4CCC(O)C4)cc3)cc12. The largest absolute Gasteiger partial charge is 0.391 e. The van der Waals surface area contributed by atoms with Gasteiger partial charge in [0.1, 0.15) is 11.3 Å². The van der Waals surface area contributed by atoms with Gasteiger partial charge in [0, 0.05) is 46.3 Å². The molecule has 6 nitrogen and oxygen atoms in total. The van der Waals surface area contributed by atoms with Crippen molar-refractivity contribution in [1.29, 1.82) is 0 Å². The fraction of sp³-hybridized carbons (Fsp3) is 0.263. The van der Waals surface area contributed by atoms with E-state index >= 15 is 0 Å². The molecule has 0 saturated carbocycles. The molecule has 4 rings (SSSR count). The van der Waals surface area contributed by atoms with Gasteiger partial charge in [0.25, 0.3) is 0 Å². The molecule has 1 unspecified atom stereocenters. The summed E-state index contributed by atoms with van der Waals surface area (Å²) in [5.74, 6) is -0.370. The second kappa shape index (κ2) is 7.54. The van der Waals surface area contributed by atoms with Gasteiger partial charge in [-0.05, 0) is 36.2 Å². The summed E-state index contributed by atoms with van der Waals surface area (Å²) in [6.07, 6.45) is 2.07. The Hall–Kier alpha value is -1.83. The van der Waals surface area contributed by atoms with Crippen LogP contribution in [-0.4, -0.2) is 44.6 Å². The Kier molecular flexibility index (Phi) is 5.24. The number of rotatable bonds is 5. The van der Waals surface area contributed by atoms with Crippen LogP contribution in [0.5, 0.6) is 0 Å². The van der Waals surface area contributed by atoms with Gasteiger partial charge in [0.2, 0.25) is 0 Å². The number of anilines is 1. The van der Waals surface area contributed by atoms with E-state index in [1.165, 1.54) is 6.07 Å². The second-order valence-corrected chi connectivity index (χ2v) is 9.99. The van der Waals surface area contributed by atoms with Gasteiger partial charge in [0.15, 0.2) is 0 Å². The molecule has 3 aromatic rings. The van der Waals surface area contributed by atoms with E-state index in [1.807, 2.05) is 24.3 Å². The first-order valence-corrected chi connectivity index (χ1v) is 11.6. The monoisotopic (exact) mass is 422 g/mol. The quantitative estimate of drug-likeness (QED) is 0.369. The summed E-state index contributed by atoms with van der Waals surface area (Å²) in [7, 11) is -4.13. The van der Waals surface area contributed by atoms with E-state index in [2.05, 4.69) is 9.88 Å². The van der Waals surface area contributed by atoms with E-state index < -0.39 is 7.60 Å². The molecule has 148 valence electrons. The predicted octanol–water partition coefficient (Wildman–Crippen LogP) is 3.77. The number of aromatic nitrogens is 1. The third-order valence-electron chi connectivity index (χ3n) is 4.83. The maximum atomic E-state index is 14.6. The maximum Gasteiger partial charge on any atom is 0.335 e. The summed E-state index contributed by atoms with van der Waals surface area (Å²) in [6, 6.07) is 10.6. The summed E-state index contributed by atoms with van der Waals surface area (Å²) in [4.78, 5) is 23.9. The Morgan fingerprint density at radius 1 is 1.25 bits per heavy atom. The van der Waals surface area contributed by atoms with Crippen molar-refractivity contribution in [1.82, 2.24) is 4.98 Å². The molecular formula is C19H20FN2O4PS. The van der Waals surface area contributed by atoms with Crippen molar-refractivity contribution in [3.05, 3.63) is 48.4 Å². The van der Waals surface area contributed by atoms with Crippen molar-refractivity contribution in [2.45, 2.75) is 17.4 Å². The lowest BCUT2D eigenvalue weighted by molar-refractivity contribution is 0.198. The van der Waals surface area contributed by atoms with Crippen molar-refractivity contribution in [2.24, 2.45) is 0 Å². The summed E-state index contributed by atoms with van der Waals surface area (Å²) in [5.41, 5.74) is 2.38. The smallest absolute Gasteiger partial charge is 0.335 e. The zero-order chi connectivity index (χ0) is 19.9. The van der Waals surface area contributed by atoms with E-state index in [-0.39, 0.29) is 17.4 Å². The van der Waals surface area contributed by atoms with E-state index in [0.29, 0.717) is 22.5 Å². The highest BCUT2D eigenvalue weighted by molar-refractivity contribution is 8.04. The topological polar surface area (TPSA) is 96.8 Å². The van der Waals surface area contributed by atoms with Crippen molar-refractivity contribution >= 4 is 35.9 Å². The number of hydrogen-bond donors (Lipinski definition) is 4. The number of nitrogens with one attached hydrogen (secondary N) is 1. The number of H-pyrrole nitrogens is 1. The number of thioether (sulfide) groups is 1.